The van der Waals surface area contributed by atoms with E-state index in [0.29, 0.717) is 6.04 Å². The standard InChI is InChI=1S/C26H35NO4/c1-23(2,30)19-13-24-8-9-26(19,31-3)15-25(24)10-11-27(14-16-4-5-16)20(24)12-17-6-7-18(28)22(29)21(17)25/h6-9,16,19-20,28-30H,4-5,10-15H2,1-3H3/t19-,20-,24-,25-,26+/m0/s1. The monoisotopic (exact) mass is 425 g/mol. The number of aliphatic hydroxyl groups is 1. The van der Waals surface area contributed by atoms with E-state index in [2.05, 4.69) is 17.1 Å². The molecule has 0 aromatic heterocycles. The van der Waals surface area contributed by atoms with Gasteiger partial charge >= 0.3 is 0 Å². The summed E-state index contributed by atoms with van der Waals surface area (Å²) in [6.45, 7) is 5.98. The van der Waals surface area contributed by atoms with E-state index in [1.165, 1.54) is 18.4 Å². The quantitative estimate of drug-likeness (QED) is 0.509. The van der Waals surface area contributed by atoms with Gasteiger partial charge in [0, 0.05) is 42.0 Å². The van der Waals surface area contributed by atoms with Crippen LogP contribution in [0.2, 0.25) is 0 Å². The maximum Gasteiger partial charge on any atom is 0.161 e. The number of ether oxygens (including phenoxy) is 1. The molecule has 6 aliphatic rings. The third kappa shape index (κ3) is 2.43. The minimum absolute atomic E-state index is 0.0208. The van der Waals surface area contributed by atoms with E-state index in [9.17, 15) is 15.3 Å². The lowest BCUT2D eigenvalue weighted by Crippen LogP contribution is -2.75. The predicted octanol–water partition coefficient (Wildman–Crippen LogP) is 3.50. The van der Waals surface area contributed by atoms with Crippen LogP contribution >= 0.6 is 0 Å². The summed E-state index contributed by atoms with van der Waals surface area (Å²) < 4.78 is 6.22. The molecule has 4 bridgehead atoms. The van der Waals surface area contributed by atoms with Crippen LogP contribution in [0.15, 0.2) is 24.3 Å². The Labute approximate surface area is 184 Å². The second-order valence-electron chi connectivity index (χ2n) is 11.6. The number of hydrogen-bond donors (Lipinski definition) is 3. The van der Waals surface area contributed by atoms with E-state index < -0.39 is 11.2 Å². The van der Waals surface area contributed by atoms with Gasteiger partial charge in [0.25, 0.3) is 0 Å². The average Bonchev–Trinajstić information content (AvgIpc) is 3.55. The molecule has 5 heteroatoms. The summed E-state index contributed by atoms with van der Waals surface area (Å²) in [5, 5.41) is 32.8. The Kier molecular flexibility index (Phi) is 3.93. The van der Waals surface area contributed by atoms with Crippen LogP contribution in [0.4, 0.5) is 0 Å². The summed E-state index contributed by atoms with van der Waals surface area (Å²) >= 11 is 0. The molecule has 7 rings (SSSR count). The van der Waals surface area contributed by atoms with E-state index >= 15 is 0 Å². The molecule has 1 aromatic carbocycles. The first-order chi connectivity index (χ1) is 14.7. The molecule has 5 atom stereocenters. The van der Waals surface area contributed by atoms with Crippen LogP contribution in [0.3, 0.4) is 0 Å². The van der Waals surface area contributed by atoms with Crippen LogP contribution in [0, 0.1) is 17.3 Å². The van der Waals surface area contributed by atoms with Crippen molar-refractivity contribution in [3.05, 3.63) is 35.4 Å². The molecule has 1 aliphatic heterocycles. The van der Waals surface area contributed by atoms with Gasteiger partial charge in [-0.25, -0.2) is 0 Å². The van der Waals surface area contributed by atoms with Gasteiger partial charge in [-0.3, -0.25) is 4.90 Å². The number of phenols is 2. The number of phenolic OH excluding ortho intramolecular Hbond substituents is 2. The normalized spacial score (nSPS) is 41.2. The highest BCUT2D eigenvalue weighted by atomic mass is 16.5. The molecule has 1 spiro atoms. The fraction of sp³-hybridized carbons (Fsp3) is 0.692. The van der Waals surface area contributed by atoms with E-state index in [4.69, 9.17) is 4.74 Å². The van der Waals surface area contributed by atoms with Gasteiger partial charge in [-0.15, -0.1) is 0 Å². The zero-order chi connectivity index (χ0) is 21.8. The van der Waals surface area contributed by atoms with Crippen LogP contribution in [-0.4, -0.2) is 57.7 Å². The fourth-order valence-corrected chi connectivity index (χ4v) is 8.13. The SMILES string of the molecule is CO[C@@]12C=C[C@]3(C[C@H]1C(C)(C)O)[C@@H]1Cc4ccc(O)c(O)c4[C@]3(CCN1CC1CC1)C2. The summed E-state index contributed by atoms with van der Waals surface area (Å²) in [7, 11) is 1.75. The lowest BCUT2D eigenvalue weighted by molar-refractivity contribution is -0.207. The molecule has 1 saturated heterocycles. The van der Waals surface area contributed by atoms with E-state index in [1.807, 2.05) is 19.9 Å². The molecule has 1 aromatic rings. The van der Waals surface area contributed by atoms with Crippen LogP contribution in [0.25, 0.3) is 0 Å². The topological polar surface area (TPSA) is 73.2 Å². The molecular weight excluding hydrogens is 390 g/mol. The molecule has 1 heterocycles. The Balaban J connectivity index is 1.59. The summed E-state index contributed by atoms with van der Waals surface area (Å²) in [6, 6.07) is 4.01. The highest BCUT2D eigenvalue weighted by Gasteiger charge is 2.72. The average molecular weight is 426 g/mol. The van der Waals surface area contributed by atoms with Gasteiger partial charge in [0.15, 0.2) is 11.5 Å². The maximum atomic E-state index is 11.2. The molecule has 3 N–H and O–H groups in total. The van der Waals surface area contributed by atoms with Crippen LogP contribution in [0.1, 0.15) is 57.1 Å². The van der Waals surface area contributed by atoms with Crippen LogP contribution in [0.5, 0.6) is 11.5 Å². The fourth-order valence-electron chi connectivity index (χ4n) is 8.13. The molecule has 0 unspecified atom stereocenters. The Bertz CT molecular complexity index is 963. The largest absolute Gasteiger partial charge is 0.504 e. The van der Waals surface area contributed by atoms with Gasteiger partial charge in [0.05, 0.1) is 11.2 Å². The highest BCUT2D eigenvalue weighted by Crippen LogP contribution is 2.72. The number of hydrogen-bond acceptors (Lipinski definition) is 5. The van der Waals surface area contributed by atoms with Crippen molar-refractivity contribution in [1.29, 1.82) is 0 Å². The molecule has 0 radical (unpaired) electrons. The summed E-state index contributed by atoms with van der Waals surface area (Å²) in [5.41, 5.74) is 0.194. The van der Waals surface area contributed by atoms with Gasteiger partial charge in [-0.05, 0) is 76.5 Å². The highest BCUT2D eigenvalue weighted by molar-refractivity contribution is 5.59. The van der Waals surface area contributed by atoms with E-state index in [1.54, 1.807) is 13.2 Å². The van der Waals surface area contributed by atoms with Gasteiger partial charge in [0.2, 0.25) is 0 Å². The zero-order valence-electron chi connectivity index (χ0n) is 18.9. The first-order valence-electron chi connectivity index (χ1n) is 11.9. The molecule has 168 valence electrons. The number of rotatable bonds is 4. The first kappa shape index (κ1) is 20.1. The number of methoxy groups -OCH3 is 1. The van der Waals surface area contributed by atoms with Crippen molar-refractivity contribution in [3.63, 3.8) is 0 Å². The van der Waals surface area contributed by atoms with E-state index in [-0.39, 0.29) is 28.2 Å². The number of piperidine rings is 1. The number of nitrogens with zero attached hydrogens (tertiary/aromatic N) is 1. The number of benzene rings is 1. The molecule has 0 amide bonds. The van der Waals surface area contributed by atoms with Crippen molar-refractivity contribution in [3.8, 4) is 11.5 Å². The first-order valence-corrected chi connectivity index (χ1v) is 11.9. The Morgan fingerprint density at radius 2 is 1.97 bits per heavy atom. The summed E-state index contributed by atoms with van der Waals surface area (Å²) in [5.74, 6) is 0.821. The van der Waals surface area contributed by atoms with Crippen molar-refractivity contribution >= 4 is 0 Å². The molecule has 3 fully saturated rings. The molecular formula is C26H35NO4. The van der Waals surface area contributed by atoms with Gasteiger partial charge in [0.1, 0.15) is 0 Å². The molecule has 5 nitrogen and oxygen atoms in total. The van der Waals surface area contributed by atoms with Crippen LogP contribution < -0.4 is 0 Å². The molecule has 5 aliphatic carbocycles. The second-order valence-corrected chi connectivity index (χ2v) is 11.6. The lowest BCUT2D eigenvalue weighted by Gasteiger charge is -2.72. The summed E-state index contributed by atoms with van der Waals surface area (Å²) in [6.07, 6.45) is 10.7. The smallest absolute Gasteiger partial charge is 0.161 e. The van der Waals surface area contributed by atoms with Crippen LogP contribution in [-0.2, 0) is 16.6 Å². The Morgan fingerprint density at radius 3 is 2.65 bits per heavy atom. The predicted molar refractivity (Wildman–Crippen MR) is 118 cm³/mol. The van der Waals surface area contributed by atoms with Crippen molar-refractivity contribution in [1.82, 2.24) is 4.90 Å². The van der Waals surface area contributed by atoms with Gasteiger partial charge < -0.3 is 20.1 Å². The maximum absolute atomic E-state index is 11.2. The second kappa shape index (κ2) is 6.06. The minimum atomic E-state index is -0.869. The lowest BCUT2D eigenvalue weighted by atomic mass is 9.36. The summed E-state index contributed by atoms with van der Waals surface area (Å²) in [4.78, 5) is 2.71. The van der Waals surface area contributed by atoms with Crippen molar-refractivity contribution in [2.75, 3.05) is 20.2 Å². The van der Waals surface area contributed by atoms with Crippen molar-refractivity contribution in [2.24, 2.45) is 17.3 Å². The Morgan fingerprint density at radius 1 is 1.19 bits per heavy atom. The number of aromatic hydroxyl groups is 2. The number of likely N-dealkylation sites (tertiary alicyclic amines) is 1. The number of fused-ring (bicyclic) bond motifs is 2. The molecule has 2 saturated carbocycles. The van der Waals surface area contributed by atoms with E-state index in [0.717, 1.165) is 50.3 Å². The van der Waals surface area contributed by atoms with Gasteiger partial charge in [-0.1, -0.05) is 18.2 Å². The van der Waals surface area contributed by atoms with Crippen molar-refractivity contribution < 1.29 is 20.1 Å². The van der Waals surface area contributed by atoms with Gasteiger partial charge in [-0.2, -0.15) is 0 Å². The third-order valence-electron chi connectivity index (χ3n) is 9.68. The Hall–Kier alpha value is -1.56. The third-order valence-corrected chi connectivity index (χ3v) is 9.68. The zero-order valence-corrected chi connectivity index (χ0v) is 18.9. The minimum Gasteiger partial charge on any atom is -0.504 e. The van der Waals surface area contributed by atoms with Crippen molar-refractivity contribution in [2.45, 2.75) is 75.0 Å². The molecule has 31 heavy (non-hydrogen) atoms.